The Morgan fingerprint density at radius 2 is 0.809 bits per heavy atom. The summed E-state index contributed by atoms with van der Waals surface area (Å²) in [6.07, 6.45) is 33.8. The van der Waals surface area contributed by atoms with Crippen molar-refractivity contribution < 1.29 is 42.9 Å². The molecule has 0 bridgehead atoms. The van der Waals surface area contributed by atoms with E-state index in [1.165, 1.54) is 116 Å². The van der Waals surface area contributed by atoms with Crippen LogP contribution in [0.1, 0.15) is 267 Å². The lowest BCUT2D eigenvalue weighted by atomic mass is 9.94. The van der Waals surface area contributed by atoms with E-state index in [1.54, 1.807) is 0 Å². The minimum absolute atomic E-state index is 0.0299. The highest BCUT2D eigenvalue weighted by Crippen LogP contribution is 2.24. The van der Waals surface area contributed by atoms with Crippen molar-refractivity contribution in [2.45, 2.75) is 279 Å². The number of carbonyl (C=O) groups excluding carboxylic acids is 4. The molecule has 400 valence electrons. The van der Waals surface area contributed by atoms with Gasteiger partial charge in [0.15, 0.2) is 0 Å². The highest BCUT2D eigenvalue weighted by molar-refractivity contribution is 5.72. The van der Waals surface area contributed by atoms with Crippen LogP contribution in [0, 0.1) is 5.41 Å². The third kappa shape index (κ3) is 41.0. The monoisotopic (exact) mass is 965 g/mol. The van der Waals surface area contributed by atoms with E-state index in [4.69, 9.17) is 23.7 Å². The fourth-order valence-corrected chi connectivity index (χ4v) is 8.38. The minimum Gasteiger partial charge on any atom is -0.498 e. The lowest BCUT2D eigenvalue weighted by Crippen LogP contribution is -2.39. The predicted molar refractivity (Wildman–Crippen MR) is 281 cm³/mol. The zero-order valence-corrected chi connectivity index (χ0v) is 45.5. The second-order valence-corrected chi connectivity index (χ2v) is 20.0. The molecule has 11 nitrogen and oxygen atoms in total. The quantitative estimate of drug-likeness (QED) is 0.0272. The zero-order chi connectivity index (χ0) is 50.4. The maximum Gasteiger partial charge on any atom is 0.407 e. The molecule has 0 saturated carbocycles. The Balaban J connectivity index is 5.25. The number of likely N-dealkylation sites (N-methyl/N-ethyl adjacent to an activating group) is 1. The van der Waals surface area contributed by atoms with E-state index >= 15 is 0 Å². The fourth-order valence-electron chi connectivity index (χ4n) is 8.38. The molecule has 0 heterocycles. The second-order valence-electron chi connectivity index (χ2n) is 20.0. The number of nitrogens with zero attached hydrogens (tertiary/aromatic N) is 1. The maximum absolute atomic E-state index is 13.0. The Morgan fingerprint density at radius 3 is 1.22 bits per heavy atom. The van der Waals surface area contributed by atoms with Gasteiger partial charge in [-0.25, -0.2) is 4.79 Å². The normalized spacial score (nSPS) is 12.3. The molecule has 0 aromatic rings. The number of alkyl carbamates (subject to hydrolysis) is 1. The largest absolute Gasteiger partial charge is 0.498 e. The number of esters is 3. The molecule has 1 amide bonds. The third-order valence-corrected chi connectivity index (χ3v) is 13.1. The third-order valence-electron chi connectivity index (χ3n) is 13.1. The van der Waals surface area contributed by atoms with E-state index in [9.17, 15) is 19.2 Å². The zero-order valence-electron chi connectivity index (χ0n) is 45.5. The number of amides is 1. The van der Waals surface area contributed by atoms with Gasteiger partial charge < -0.3 is 33.9 Å². The van der Waals surface area contributed by atoms with Crippen LogP contribution in [0.5, 0.6) is 0 Å². The molecule has 1 unspecified atom stereocenters. The maximum atomic E-state index is 13.0. The SMILES string of the molecule is C=C(CCCC(=O)OC(CCCCCCCC)CCCCCCCC)OCC(C)(COC(=O)CCCC(=O)OC(CCCCCCCC)CCCCCCCC)COC(=O)NCCN(CC)CC. The van der Waals surface area contributed by atoms with Crippen LogP contribution in [0.3, 0.4) is 0 Å². The van der Waals surface area contributed by atoms with Crippen LogP contribution >= 0.6 is 0 Å². The van der Waals surface area contributed by atoms with Crippen LogP contribution in [0.4, 0.5) is 4.79 Å². The summed E-state index contributed by atoms with van der Waals surface area (Å²) in [6.45, 7) is 21.9. The van der Waals surface area contributed by atoms with E-state index in [1.807, 2.05) is 6.92 Å². The highest BCUT2D eigenvalue weighted by Gasteiger charge is 2.30. The summed E-state index contributed by atoms with van der Waals surface area (Å²) in [5.41, 5.74) is -0.882. The molecule has 0 aliphatic carbocycles. The van der Waals surface area contributed by atoms with Gasteiger partial charge in [0.25, 0.3) is 0 Å². The molecule has 1 N–H and O–H groups in total. The molecule has 68 heavy (non-hydrogen) atoms. The Kier molecular flexibility index (Phi) is 44.6. The number of carbonyl (C=O) groups is 4. The van der Waals surface area contributed by atoms with Crippen molar-refractivity contribution in [2.75, 3.05) is 46.0 Å². The first kappa shape index (κ1) is 65.2. The van der Waals surface area contributed by atoms with Crippen molar-refractivity contribution in [1.82, 2.24) is 10.2 Å². The fraction of sp³-hybridized carbons (Fsp3) is 0.895. The summed E-state index contributed by atoms with van der Waals surface area (Å²) in [5.74, 6) is -0.371. The van der Waals surface area contributed by atoms with Crippen molar-refractivity contribution in [3.63, 3.8) is 0 Å². The lowest BCUT2D eigenvalue weighted by Gasteiger charge is -2.29. The minimum atomic E-state index is -0.882. The van der Waals surface area contributed by atoms with Crippen molar-refractivity contribution in [2.24, 2.45) is 5.41 Å². The van der Waals surface area contributed by atoms with Crippen LogP contribution < -0.4 is 5.32 Å². The van der Waals surface area contributed by atoms with Crippen LogP contribution in [-0.2, 0) is 38.1 Å². The summed E-state index contributed by atoms with van der Waals surface area (Å²) < 4.78 is 29.5. The van der Waals surface area contributed by atoms with Gasteiger partial charge in [0.2, 0.25) is 0 Å². The van der Waals surface area contributed by atoms with Crippen LogP contribution in [0.25, 0.3) is 0 Å². The van der Waals surface area contributed by atoms with Gasteiger partial charge in [-0.15, -0.1) is 0 Å². The number of unbranched alkanes of at least 4 members (excludes halogenated alkanes) is 20. The average molecular weight is 965 g/mol. The molecule has 0 fully saturated rings. The van der Waals surface area contributed by atoms with Crippen molar-refractivity contribution in [3.05, 3.63) is 12.3 Å². The van der Waals surface area contributed by atoms with E-state index in [0.29, 0.717) is 38.1 Å². The van der Waals surface area contributed by atoms with Crippen LogP contribution in [0.2, 0.25) is 0 Å². The smallest absolute Gasteiger partial charge is 0.407 e. The summed E-state index contributed by atoms with van der Waals surface area (Å²) in [4.78, 5) is 54.0. The Hall–Kier alpha value is -2.82. The van der Waals surface area contributed by atoms with E-state index < -0.39 is 17.5 Å². The molecule has 0 aromatic carbocycles. The molecule has 0 aliphatic heterocycles. The Bertz CT molecular complexity index is 1120. The second kappa shape index (κ2) is 46.6. The van der Waals surface area contributed by atoms with Crippen molar-refractivity contribution in [1.29, 1.82) is 0 Å². The molecule has 0 aliphatic rings. The number of rotatable bonds is 50. The number of nitrogens with one attached hydrogen (secondary N) is 1. The summed E-state index contributed by atoms with van der Waals surface area (Å²) in [5, 5.41) is 2.82. The van der Waals surface area contributed by atoms with Gasteiger partial charge in [0.1, 0.15) is 25.4 Å². The topological polar surface area (TPSA) is 130 Å². The van der Waals surface area contributed by atoms with Gasteiger partial charge in [-0.2, -0.15) is 0 Å². The number of hydrogen-bond acceptors (Lipinski definition) is 10. The summed E-state index contributed by atoms with van der Waals surface area (Å²) in [6, 6.07) is 0. The number of ether oxygens (including phenoxy) is 5. The molecule has 0 saturated heterocycles. The molecule has 0 radical (unpaired) electrons. The van der Waals surface area contributed by atoms with Gasteiger partial charge in [0.05, 0.1) is 17.8 Å². The summed E-state index contributed by atoms with van der Waals surface area (Å²) >= 11 is 0. The van der Waals surface area contributed by atoms with Gasteiger partial charge in [-0.1, -0.05) is 177 Å². The van der Waals surface area contributed by atoms with Gasteiger partial charge in [-0.3, -0.25) is 14.4 Å². The van der Waals surface area contributed by atoms with E-state index in [-0.39, 0.29) is 63.2 Å². The molecule has 0 aromatic heterocycles. The van der Waals surface area contributed by atoms with E-state index in [2.05, 4.69) is 58.3 Å². The first-order chi connectivity index (χ1) is 32.9. The summed E-state index contributed by atoms with van der Waals surface area (Å²) in [7, 11) is 0. The predicted octanol–water partition coefficient (Wildman–Crippen LogP) is 15.3. The van der Waals surface area contributed by atoms with Gasteiger partial charge in [0, 0.05) is 38.8 Å². The highest BCUT2D eigenvalue weighted by atomic mass is 16.6. The molecule has 11 heteroatoms. The van der Waals surface area contributed by atoms with Gasteiger partial charge >= 0.3 is 24.0 Å². The van der Waals surface area contributed by atoms with E-state index in [0.717, 1.165) is 77.3 Å². The number of hydrogen-bond donors (Lipinski definition) is 1. The first-order valence-electron chi connectivity index (χ1n) is 28.4. The van der Waals surface area contributed by atoms with Crippen LogP contribution in [0.15, 0.2) is 12.3 Å². The van der Waals surface area contributed by atoms with Crippen molar-refractivity contribution >= 4 is 24.0 Å². The van der Waals surface area contributed by atoms with Crippen molar-refractivity contribution in [3.8, 4) is 0 Å². The molecule has 0 rings (SSSR count). The Labute approximate surface area is 418 Å². The first-order valence-corrected chi connectivity index (χ1v) is 28.4. The average Bonchev–Trinajstić information content (AvgIpc) is 3.32. The standard InChI is InChI=1S/C57H108N2O9/c1-9-15-19-23-27-31-38-51(39-32-28-24-20-16-10-2)67-54(61)43-35-37-50(7)64-47-57(8,49-66-56(63)58-45-46-59(13-5)14-6)48-65-53(60)42-36-44-55(62)68-52(40-33-29-25-21-17-11-3)41-34-30-26-22-18-12-4/h51-52H,7,9-49H2,1-6,8H3,(H,58,63). The molecular weight excluding hydrogens is 857 g/mol. The Morgan fingerprint density at radius 1 is 0.456 bits per heavy atom. The number of allylic oxidation sites excluding steroid dienone is 1. The molecule has 1 atom stereocenters. The molecule has 0 spiro atoms. The molecular formula is C57H108N2O9. The van der Waals surface area contributed by atoms with Crippen LogP contribution in [-0.4, -0.2) is 87.1 Å². The van der Waals surface area contributed by atoms with Gasteiger partial charge in [-0.05, 0) is 84.2 Å². The lowest BCUT2D eigenvalue weighted by molar-refractivity contribution is -0.152.